The second-order valence-electron chi connectivity index (χ2n) is 3.95. The van der Waals surface area contributed by atoms with Crippen LogP contribution in [0.25, 0.3) is 0 Å². The molecule has 0 atom stereocenters. The van der Waals surface area contributed by atoms with E-state index in [9.17, 15) is 4.79 Å². The first-order chi connectivity index (χ1) is 8.56. The summed E-state index contributed by atoms with van der Waals surface area (Å²) in [6.07, 6.45) is 2.66. The topological polar surface area (TPSA) is 88.0 Å². The van der Waals surface area contributed by atoms with Gasteiger partial charge in [-0.15, -0.1) is 11.3 Å². The van der Waals surface area contributed by atoms with Crippen molar-refractivity contribution in [2.45, 2.75) is 19.8 Å². The number of nitrogens with zero attached hydrogens (tertiary/aromatic N) is 3. The summed E-state index contributed by atoms with van der Waals surface area (Å²) in [5.74, 6) is -0.374. The lowest BCUT2D eigenvalue weighted by Gasteiger charge is -2.02. The molecule has 0 saturated heterocycles. The minimum Gasteiger partial charge on any atom is -0.476 e. The van der Waals surface area contributed by atoms with Gasteiger partial charge in [0, 0.05) is 5.38 Å². The van der Waals surface area contributed by atoms with Crippen LogP contribution in [-0.2, 0) is 0 Å². The van der Waals surface area contributed by atoms with Crippen LogP contribution in [0.5, 0.6) is 0 Å². The van der Waals surface area contributed by atoms with Gasteiger partial charge >= 0.3 is 5.97 Å². The predicted octanol–water partition coefficient (Wildman–Crippen LogP) is 2.50. The van der Waals surface area contributed by atoms with E-state index in [4.69, 9.17) is 5.11 Å². The number of carboxylic acids is 1. The number of nitrogens with one attached hydrogen (secondary N) is 1. The number of hydrogen-bond donors (Lipinski definition) is 2. The summed E-state index contributed by atoms with van der Waals surface area (Å²) in [5.41, 5.74) is 0.894. The van der Waals surface area contributed by atoms with Crippen LogP contribution in [0.2, 0.25) is 0 Å². The van der Waals surface area contributed by atoms with E-state index >= 15 is 0 Å². The fourth-order valence-electron chi connectivity index (χ4n) is 1.25. The zero-order valence-corrected chi connectivity index (χ0v) is 10.7. The van der Waals surface area contributed by atoms with Crippen molar-refractivity contribution in [3.8, 4) is 0 Å². The van der Waals surface area contributed by atoms with Crippen LogP contribution in [0.1, 0.15) is 35.9 Å². The summed E-state index contributed by atoms with van der Waals surface area (Å²) < 4.78 is 0. The van der Waals surface area contributed by atoms with Gasteiger partial charge in [-0.3, -0.25) is 4.98 Å². The molecule has 0 spiro atoms. The third-order valence-electron chi connectivity index (χ3n) is 2.20. The van der Waals surface area contributed by atoms with Crippen molar-refractivity contribution < 1.29 is 9.90 Å². The SMILES string of the molecule is CC(C)c1csc(Nc2cncc(C(=O)O)n2)n1. The fraction of sp³-hybridized carbons (Fsp3) is 0.273. The van der Waals surface area contributed by atoms with Crippen LogP contribution >= 0.6 is 11.3 Å². The summed E-state index contributed by atoms with van der Waals surface area (Å²) >= 11 is 1.45. The molecule has 0 bridgehead atoms. The van der Waals surface area contributed by atoms with Crippen molar-refractivity contribution in [2.24, 2.45) is 0 Å². The molecule has 0 fully saturated rings. The zero-order chi connectivity index (χ0) is 13.1. The number of carboxylic acid groups (broad SMARTS) is 1. The van der Waals surface area contributed by atoms with Crippen LogP contribution in [0.15, 0.2) is 17.8 Å². The molecular weight excluding hydrogens is 252 g/mol. The Labute approximate surface area is 108 Å². The molecule has 2 aromatic heterocycles. The zero-order valence-electron chi connectivity index (χ0n) is 9.91. The van der Waals surface area contributed by atoms with Gasteiger partial charge in [0.2, 0.25) is 0 Å². The third kappa shape index (κ3) is 2.80. The van der Waals surface area contributed by atoms with E-state index in [0.717, 1.165) is 5.69 Å². The van der Waals surface area contributed by atoms with Crippen LogP contribution in [0.3, 0.4) is 0 Å². The number of aromatic nitrogens is 3. The molecule has 0 unspecified atom stereocenters. The highest BCUT2D eigenvalue weighted by Crippen LogP contribution is 2.23. The van der Waals surface area contributed by atoms with Gasteiger partial charge < -0.3 is 10.4 Å². The molecule has 0 aromatic carbocycles. The molecule has 0 amide bonds. The maximum Gasteiger partial charge on any atom is 0.356 e. The molecular formula is C11H12N4O2S. The van der Waals surface area contributed by atoms with Crippen LogP contribution in [0.4, 0.5) is 10.9 Å². The van der Waals surface area contributed by atoms with Crippen LogP contribution < -0.4 is 5.32 Å². The quantitative estimate of drug-likeness (QED) is 0.882. The molecule has 0 saturated carbocycles. The minimum atomic E-state index is -1.10. The standard InChI is InChI=1S/C11H12N4O2S/c1-6(2)8-5-18-11(14-8)15-9-4-12-3-7(13-9)10(16)17/h3-6H,1-2H3,(H,16,17)(H,13,14,15). The number of thiazole rings is 1. The molecule has 2 heterocycles. The van der Waals surface area contributed by atoms with Crippen LogP contribution in [0, 0.1) is 0 Å². The Kier molecular flexibility index (Phi) is 3.52. The maximum atomic E-state index is 10.8. The first kappa shape index (κ1) is 12.4. The number of hydrogen-bond acceptors (Lipinski definition) is 6. The molecule has 0 aliphatic heterocycles. The van der Waals surface area contributed by atoms with Gasteiger partial charge in [-0.1, -0.05) is 13.8 Å². The van der Waals surface area contributed by atoms with Gasteiger partial charge in [0.25, 0.3) is 0 Å². The second-order valence-corrected chi connectivity index (χ2v) is 4.81. The Morgan fingerprint density at radius 3 is 2.78 bits per heavy atom. The van der Waals surface area contributed by atoms with Gasteiger partial charge in [0.15, 0.2) is 16.6 Å². The Balaban J connectivity index is 2.17. The molecule has 0 radical (unpaired) electrons. The number of carbonyl (C=O) groups is 1. The molecule has 7 heteroatoms. The van der Waals surface area contributed by atoms with Crippen molar-refractivity contribution in [2.75, 3.05) is 5.32 Å². The molecule has 6 nitrogen and oxygen atoms in total. The van der Waals surface area contributed by atoms with E-state index in [1.807, 2.05) is 5.38 Å². The van der Waals surface area contributed by atoms with E-state index in [0.29, 0.717) is 16.9 Å². The minimum absolute atomic E-state index is 0.0966. The molecule has 0 aliphatic rings. The highest BCUT2D eigenvalue weighted by Gasteiger charge is 2.09. The van der Waals surface area contributed by atoms with E-state index < -0.39 is 5.97 Å². The van der Waals surface area contributed by atoms with Crippen molar-refractivity contribution >= 4 is 28.3 Å². The van der Waals surface area contributed by atoms with E-state index in [-0.39, 0.29) is 5.69 Å². The summed E-state index contributed by atoms with van der Waals surface area (Å²) in [6, 6.07) is 0. The first-order valence-electron chi connectivity index (χ1n) is 5.34. The smallest absolute Gasteiger partial charge is 0.356 e. The Bertz CT molecular complexity index is 568. The predicted molar refractivity (Wildman–Crippen MR) is 68.5 cm³/mol. The highest BCUT2D eigenvalue weighted by molar-refractivity contribution is 7.13. The molecule has 2 rings (SSSR count). The lowest BCUT2D eigenvalue weighted by molar-refractivity contribution is 0.0690. The van der Waals surface area contributed by atoms with Gasteiger partial charge in [-0.25, -0.2) is 14.8 Å². The van der Waals surface area contributed by atoms with Crippen molar-refractivity contribution in [1.29, 1.82) is 0 Å². The van der Waals surface area contributed by atoms with E-state index in [2.05, 4.69) is 34.1 Å². The average molecular weight is 264 g/mol. The van der Waals surface area contributed by atoms with Gasteiger partial charge in [0.1, 0.15) is 0 Å². The summed E-state index contributed by atoms with van der Waals surface area (Å²) in [4.78, 5) is 22.9. The maximum absolute atomic E-state index is 10.8. The second kappa shape index (κ2) is 5.09. The molecule has 0 aliphatic carbocycles. The Morgan fingerprint density at radius 1 is 1.39 bits per heavy atom. The molecule has 18 heavy (non-hydrogen) atoms. The molecule has 94 valence electrons. The fourth-order valence-corrected chi connectivity index (χ4v) is 2.13. The van der Waals surface area contributed by atoms with E-state index in [1.165, 1.54) is 23.7 Å². The number of rotatable bonds is 4. The Morgan fingerprint density at radius 2 is 2.17 bits per heavy atom. The monoisotopic (exact) mass is 264 g/mol. The number of aromatic carboxylic acids is 1. The third-order valence-corrected chi connectivity index (χ3v) is 2.98. The summed E-state index contributed by atoms with van der Waals surface area (Å²) in [6.45, 7) is 4.12. The lowest BCUT2D eigenvalue weighted by Crippen LogP contribution is -2.04. The summed E-state index contributed by atoms with van der Waals surface area (Å²) in [7, 11) is 0. The van der Waals surface area contributed by atoms with Crippen LogP contribution in [-0.4, -0.2) is 26.0 Å². The average Bonchev–Trinajstić information content (AvgIpc) is 2.78. The van der Waals surface area contributed by atoms with Gasteiger partial charge in [-0.2, -0.15) is 0 Å². The van der Waals surface area contributed by atoms with E-state index in [1.54, 1.807) is 0 Å². The summed E-state index contributed by atoms with van der Waals surface area (Å²) in [5, 5.41) is 14.4. The van der Waals surface area contributed by atoms with Crippen molar-refractivity contribution in [1.82, 2.24) is 15.0 Å². The molecule has 2 aromatic rings. The number of anilines is 2. The Hall–Kier alpha value is -2.02. The van der Waals surface area contributed by atoms with Gasteiger partial charge in [0.05, 0.1) is 18.1 Å². The molecule has 2 N–H and O–H groups in total. The first-order valence-corrected chi connectivity index (χ1v) is 6.22. The highest BCUT2D eigenvalue weighted by atomic mass is 32.1. The van der Waals surface area contributed by atoms with Gasteiger partial charge in [-0.05, 0) is 5.92 Å². The largest absolute Gasteiger partial charge is 0.476 e. The lowest BCUT2D eigenvalue weighted by atomic mass is 10.2. The van der Waals surface area contributed by atoms with Crippen molar-refractivity contribution in [3.63, 3.8) is 0 Å². The normalized spacial score (nSPS) is 10.6. The van der Waals surface area contributed by atoms with Crippen molar-refractivity contribution in [3.05, 3.63) is 29.2 Å².